The molecule has 4 N–H and O–H groups in total. The van der Waals surface area contributed by atoms with Crippen molar-refractivity contribution in [2.24, 2.45) is 0 Å². The highest BCUT2D eigenvalue weighted by Gasteiger charge is 2.39. The number of rotatable bonds is 5. The fraction of sp³-hybridized carbons (Fsp3) is 0.400. The highest BCUT2D eigenvalue weighted by Crippen LogP contribution is 2.40. The molecule has 2 fully saturated rings. The van der Waals surface area contributed by atoms with Crippen molar-refractivity contribution in [1.29, 1.82) is 0 Å². The number of hydrogen-bond acceptors (Lipinski definition) is 4. The van der Waals surface area contributed by atoms with E-state index < -0.39 is 0 Å². The summed E-state index contributed by atoms with van der Waals surface area (Å²) in [6.45, 7) is 0.758. The molecule has 0 amide bonds. The van der Waals surface area contributed by atoms with E-state index in [1.54, 1.807) is 12.1 Å². The molecule has 1 saturated heterocycles. The first-order valence-corrected chi connectivity index (χ1v) is 9.10. The molecule has 2 aliphatic rings. The van der Waals surface area contributed by atoms with Crippen molar-refractivity contribution in [2.45, 2.75) is 43.3 Å². The van der Waals surface area contributed by atoms with Crippen molar-refractivity contribution >= 4 is 0 Å². The second-order valence-corrected chi connectivity index (χ2v) is 7.06. The van der Waals surface area contributed by atoms with Gasteiger partial charge in [0, 0.05) is 17.6 Å². The van der Waals surface area contributed by atoms with Gasteiger partial charge in [0.2, 0.25) is 0 Å². The van der Waals surface area contributed by atoms with Gasteiger partial charge < -0.3 is 5.32 Å². The fourth-order valence-corrected chi connectivity index (χ4v) is 4.22. The van der Waals surface area contributed by atoms with E-state index in [-0.39, 0.29) is 23.4 Å². The Morgan fingerprint density at radius 1 is 0.960 bits per heavy atom. The lowest BCUT2D eigenvalue weighted by molar-refractivity contribution is 0.305. The molecular weight excluding hydrogens is 315 g/mol. The average Bonchev–Trinajstić information content (AvgIpc) is 3.31. The highest BCUT2D eigenvalue weighted by atomic mass is 19.1. The summed E-state index contributed by atoms with van der Waals surface area (Å²) in [7, 11) is 0. The fourth-order valence-electron chi connectivity index (χ4n) is 4.22. The topological polar surface area (TPSA) is 48.1 Å². The molecule has 132 valence electrons. The number of halogens is 1. The van der Waals surface area contributed by atoms with Crippen molar-refractivity contribution in [2.75, 3.05) is 6.54 Å². The molecule has 2 unspecified atom stereocenters. The Kier molecular flexibility index (Phi) is 4.81. The van der Waals surface area contributed by atoms with Crippen LogP contribution in [0.3, 0.4) is 0 Å². The van der Waals surface area contributed by atoms with E-state index in [9.17, 15) is 4.39 Å². The molecule has 1 aliphatic carbocycles. The molecule has 1 saturated carbocycles. The Hall–Kier alpha value is -1.79. The first-order chi connectivity index (χ1) is 12.3. The second-order valence-electron chi connectivity index (χ2n) is 7.06. The lowest BCUT2D eigenvalue weighted by atomic mass is 9.87. The Morgan fingerprint density at radius 2 is 1.68 bits per heavy atom. The molecule has 0 bridgehead atoms. The zero-order valence-electron chi connectivity index (χ0n) is 14.3. The van der Waals surface area contributed by atoms with Crippen LogP contribution in [0.2, 0.25) is 0 Å². The minimum absolute atomic E-state index is 0.104. The maximum atomic E-state index is 14.4. The van der Waals surface area contributed by atoms with Gasteiger partial charge in [-0.05, 0) is 24.5 Å². The summed E-state index contributed by atoms with van der Waals surface area (Å²) in [6.07, 6.45) is 4.24. The third-order valence-electron chi connectivity index (χ3n) is 5.55. The van der Waals surface area contributed by atoms with Gasteiger partial charge in [-0.15, -0.1) is 0 Å². The maximum Gasteiger partial charge on any atom is 0.128 e. The smallest absolute Gasteiger partial charge is 0.128 e. The van der Waals surface area contributed by atoms with Gasteiger partial charge in [-0.25, -0.2) is 15.2 Å². The average molecular weight is 340 g/mol. The van der Waals surface area contributed by atoms with Crippen molar-refractivity contribution in [3.8, 4) is 0 Å². The Labute approximate surface area is 148 Å². The lowest BCUT2D eigenvalue weighted by Crippen LogP contribution is -2.48. The molecule has 25 heavy (non-hydrogen) atoms. The zero-order chi connectivity index (χ0) is 17.1. The van der Waals surface area contributed by atoms with Gasteiger partial charge in [-0.1, -0.05) is 61.4 Å². The van der Waals surface area contributed by atoms with Crippen LogP contribution in [0.15, 0.2) is 54.6 Å². The van der Waals surface area contributed by atoms with Gasteiger partial charge in [-0.3, -0.25) is 0 Å². The van der Waals surface area contributed by atoms with Crippen molar-refractivity contribution in [1.82, 2.24) is 21.7 Å². The van der Waals surface area contributed by atoms with Gasteiger partial charge in [-0.2, -0.15) is 5.53 Å². The maximum absolute atomic E-state index is 14.4. The van der Waals surface area contributed by atoms with Gasteiger partial charge in [0.05, 0.1) is 12.1 Å². The van der Waals surface area contributed by atoms with Gasteiger partial charge in [0.1, 0.15) is 5.82 Å². The molecule has 1 aliphatic heterocycles. The van der Waals surface area contributed by atoms with E-state index in [1.165, 1.54) is 5.56 Å². The van der Waals surface area contributed by atoms with Gasteiger partial charge in [0.15, 0.2) is 0 Å². The molecule has 2 atom stereocenters. The Bertz CT molecular complexity index is 700. The summed E-state index contributed by atoms with van der Waals surface area (Å²) >= 11 is 0. The molecular formula is C20H25FN4. The monoisotopic (exact) mass is 340 g/mol. The van der Waals surface area contributed by atoms with Crippen LogP contribution in [0.25, 0.3) is 0 Å². The summed E-state index contributed by atoms with van der Waals surface area (Å²) in [5, 5.41) is 3.71. The van der Waals surface area contributed by atoms with E-state index >= 15 is 0 Å². The predicted octanol–water partition coefficient (Wildman–Crippen LogP) is 2.91. The van der Waals surface area contributed by atoms with Crippen LogP contribution < -0.4 is 21.7 Å². The molecule has 0 spiro atoms. The summed E-state index contributed by atoms with van der Waals surface area (Å²) in [6, 6.07) is 17.9. The van der Waals surface area contributed by atoms with Crippen LogP contribution in [0, 0.1) is 5.82 Å². The van der Waals surface area contributed by atoms with Crippen LogP contribution in [0.5, 0.6) is 0 Å². The van der Waals surface area contributed by atoms with Crippen LogP contribution in [-0.4, -0.2) is 12.6 Å². The first kappa shape index (κ1) is 16.7. The van der Waals surface area contributed by atoms with Gasteiger partial charge in [0.25, 0.3) is 0 Å². The molecule has 1 heterocycles. The molecule has 2 aromatic rings. The van der Waals surface area contributed by atoms with Crippen molar-refractivity contribution in [3.05, 3.63) is 71.5 Å². The zero-order valence-corrected chi connectivity index (χ0v) is 14.3. The van der Waals surface area contributed by atoms with E-state index in [0.29, 0.717) is 0 Å². The summed E-state index contributed by atoms with van der Waals surface area (Å²) in [4.78, 5) is 0. The molecule has 5 heteroatoms. The van der Waals surface area contributed by atoms with Crippen molar-refractivity contribution in [3.63, 3.8) is 0 Å². The molecule has 4 rings (SSSR count). The van der Waals surface area contributed by atoms with E-state index in [2.05, 4.69) is 46.0 Å². The SMILES string of the molecule is Fc1ccccc1C1(NCC2NNNC2c2ccccc2)CCCC1. The largest absolute Gasteiger partial charge is 0.306 e. The summed E-state index contributed by atoms with van der Waals surface area (Å²) in [5.74, 6) is -0.104. The quantitative estimate of drug-likeness (QED) is 0.676. The minimum atomic E-state index is -0.253. The van der Waals surface area contributed by atoms with Crippen molar-refractivity contribution < 1.29 is 4.39 Å². The standard InChI is InChI=1S/C20H25FN4/c21-17-11-5-4-10-16(17)20(12-6-7-13-20)22-14-18-19(24-25-23-18)15-8-2-1-3-9-15/h1-5,8-11,18-19,22-25H,6-7,12-14H2. The lowest BCUT2D eigenvalue weighted by Gasteiger charge is -2.33. The summed E-state index contributed by atoms with van der Waals surface area (Å²) < 4.78 is 14.4. The van der Waals surface area contributed by atoms with Crippen LogP contribution in [0.4, 0.5) is 4.39 Å². The Morgan fingerprint density at radius 3 is 2.44 bits per heavy atom. The minimum Gasteiger partial charge on any atom is -0.306 e. The van der Waals surface area contributed by atoms with Crippen LogP contribution in [0.1, 0.15) is 42.9 Å². The predicted molar refractivity (Wildman–Crippen MR) is 96.9 cm³/mol. The molecule has 4 nitrogen and oxygen atoms in total. The highest BCUT2D eigenvalue weighted by molar-refractivity contribution is 5.28. The third-order valence-corrected chi connectivity index (χ3v) is 5.55. The molecule has 0 aromatic heterocycles. The third kappa shape index (κ3) is 3.33. The number of benzene rings is 2. The molecule has 0 radical (unpaired) electrons. The molecule has 2 aromatic carbocycles. The summed E-state index contributed by atoms with van der Waals surface area (Å²) in [5.41, 5.74) is 11.4. The number of hydrazine groups is 2. The van der Waals surface area contributed by atoms with Crippen LogP contribution in [-0.2, 0) is 5.54 Å². The second kappa shape index (κ2) is 7.22. The van der Waals surface area contributed by atoms with Crippen LogP contribution >= 0.6 is 0 Å². The van der Waals surface area contributed by atoms with E-state index in [0.717, 1.165) is 37.8 Å². The number of nitrogens with one attached hydrogen (secondary N) is 4. The van der Waals surface area contributed by atoms with E-state index in [1.807, 2.05) is 18.2 Å². The normalized spacial score (nSPS) is 25.3. The number of hydrogen-bond donors (Lipinski definition) is 4. The van der Waals surface area contributed by atoms with Gasteiger partial charge >= 0.3 is 0 Å². The Balaban J connectivity index is 1.51. The van der Waals surface area contributed by atoms with E-state index in [4.69, 9.17) is 0 Å². The first-order valence-electron chi connectivity index (χ1n) is 9.10.